The SMILES string of the molecule is NC(=O)[C@@H](NCc1ccc(-c2ccccc2F)o1)c1ccccc1. The van der Waals surface area contributed by atoms with Crippen LogP contribution in [0.4, 0.5) is 4.39 Å². The van der Waals surface area contributed by atoms with E-state index in [1.54, 1.807) is 30.3 Å². The highest BCUT2D eigenvalue weighted by Gasteiger charge is 2.17. The van der Waals surface area contributed by atoms with E-state index in [0.717, 1.165) is 5.56 Å². The number of rotatable bonds is 6. The van der Waals surface area contributed by atoms with E-state index in [1.165, 1.54) is 6.07 Å². The van der Waals surface area contributed by atoms with Crippen molar-refractivity contribution in [1.82, 2.24) is 5.32 Å². The summed E-state index contributed by atoms with van der Waals surface area (Å²) in [5.74, 6) is 0.225. The molecule has 1 atom stereocenters. The average molecular weight is 324 g/mol. The first-order valence-corrected chi connectivity index (χ1v) is 7.56. The van der Waals surface area contributed by atoms with E-state index in [9.17, 15) is 9.18 Å². The number of furan rings is 1. The third kappa shape index (κ3) is 3.52. The summed E-state index contributed by atoms with van der Waals surface area (Å²) in [5.41, 5.74) is 6.65. The standard InChI is InChI=1S/C19H17FN2O2/c20-16-9-5-4-8-15(16)17-11-10-14(24-17)12-22-18(19(21)23)13-6-2-1-3-7-13/h1-11,18,22H,12H2,(H2,21,23)/t18-/m0/s1. The molecule has 0 unspecified atom stereocenters. The molecular formula is C19H17FN2O2. The zero-order valence-corrected chi connectivity index (χ0v) is 12.9. The van der Waals surface area contributed by atoms with Crippen molar-refractivity contribution in [1.29, 1.82) is 0 Å². The fourth-order valence-electron chi connectivity index (χ4n) is 2.51. The first-order valence-electron chi connectivity index (χ1n) is 7.56. The van der Waals surface area contributed by atoms with Gasteiger partial charge < -0.3 is 10.2 Å². The normalized spacial score (nSPS) is 12.0. The van der Waals surface area contributed by atoms with Crippen LogP contribution in [0.2, 0.25) is 0 Å². The Kier molecular flexibility index (Phi) is 4.72. The Morgan fingerprint density at radius 2 is 1.75 bits per heavy atom. The molecule has 0 spiro atoms. The van der Waals surface area contributed by atoms with Crippen LogP contribution in [0.5, 0.6) is 0 Å². The minimum Gasteiger partial charge on any atom is -0.460 e. The minimum absolute atomic E-state index is 0.303. The van der Waals surface area contributed by atoms with Crippen LogP contribution in [0, 0.1) is 5.82 Å². The Bertz CT molecular complexity index is 830. The number of hydrogen-bond donors (Lipinski definition) is 2. The third-order valence-corrected chi connectivity index (χ3v) is 3.70. The molecule has 1 heterocycles. The molecule has 2 aromatic carbocycles. The lowest BCUT2D eigenvalue weighted by Gasteiger charge is -2.14. The zero-order chi connectivity index (χ0) is 16.9. The molecule has 1 amide bonds. The second-order valence-corrected chi connectivity index (χ2v) is 5.37. The Hall–Kier alpha value is -2.92. The van der Waals surface area contributed by atoms with Crippen LogP contribution in [0.3, 0.4) is 0 Å². The summed E-state index contributed by atoms with van der Waals surface area (Å²) in [6.45, 7) is 0.303. The third-order valence-electron chi connectivity index (χ3n) is 3.70. The number of hydrogen-bond acceptors (Lipinski definition) is 3. The maximum absolute atomic E-state index is 13.8. The fourth-order valence-corrected chi connectivity index (χ4v) is 2.51. The van der Waals surface area contributed by atoms with Crippen molar-refractivity contribution >= 4 is 5.91 Å². The summed E-state index contributed by atoms with van der Waals surface area (Å²) < 4.78 is 19.5. The predicted molar refractivity (Wildman–Crippen MR) is 89.3 cm³/mol. The first kappa shape index (κ1) is 16.0. The molecule has 3 aromatic rings. The number of carbonyl (C=O) groups is 1. The molecule has 0 saturated carbocycles. The molecular weight excluding hydrogens is 307 g/mol. The van der Waals surface area contributed by atoms with E-state index in [4.69, 9.17) is 10.2 Å². The van der Waals surface area contributed by atoms with Crippen molar-refractivity contribution in [3.8, 4) is 11.3 Å². The number of nitrogens with one attached hydrogen (secondary N) is 1. The number of halogens is 1. The van der Waals surface area contributed by atoms with Crippen molar-refractivity contribution in [2.24, 2.45) is 5.73 Å². The largest absolute Gasteiger partial charge is 0.460 e. The highest BCUT2D eigenvalue weighted by Crippen LogP contribution is 2.25. The first-order chi connectivity index (χ1) is 11.6. The molecule has 4 nitrogen and oxygen atoms in total. The van der Waals surface area contributed by atoms with Crippen LogP contribution >= 0.6 is 0 Å². The van der Waals surface area contributed by atoms with Crippen LogP contribution in [-0.2, 0) is 11.3 Å². The predicted octanol–water partition coefficient (Wildman–Crippen LogP) is 3.40. The van der Waals surface area contributed by atoms with Crippen molar-refractivity contribution in [2.75, 3.05) is 0 Å². The van der Waals surface area contributed by atoms with Crippen molar-refractivity contribution < 1.29 is 13.6 Å². The van der Waals surface area contributed by atoms with E-state index < -0.39 is 11.9 Å². The molecule has 0 bridgehead atoms. The quantitative estimate of drug-likeness (QED) is 0.730. The van der Waals surface area contributed by atoms with E-state index in [-0.39, 0.29) is 5.82 Å². The van der Waals surface area contributed by atoms with Gasteiger partial charge in [0.2, 0.25) is 5.91 Å². The van der Waals surface area contributed by atoms with Gasteiger partial charge in [-0.1, -0.05) is 42.5 Å². The van der Waals surface area contributed by atoms with Gasteiger partial charge in [0.25, 0.3) is 0 Å². The number of amides is 1. The molecule has 0 aliphatic heterocycles. The molecule has 0 saturated heterocycles. The molecule has 3 rings (SSSR count). The van der Waals surface area contributed by atoms with Crippen LogP contribution in [-0.4, -0.2) is 5.91 Å². The van der Waals surface area contributed by atoms with E-state index in [0.29, 0.717) is 23.6 Å². The van der Waals surface area contributed by atoms with E-state index in [2.05, 4.69) is 5.32 Å². The molecule has 1 aromatic heterocycles. The van der Waals surface area contributed by atoms with Gasteiger partial charge in [-0.2, -0.15) is 0 Å². The second kappa shape index (κ2) is 7.10. The van der Waals surface area contributed by atoms with Gasteiger partial charge in [0.1, 0.15) is 23.4 Å². The van der Waals surface area contributed by atoms with Crippen LogP contribution < -0.4 is 11.1 Å². The van der Waals surface area contributed by atoms with Crippen LogP contribution in [0.25, 0.3) is 11.3 Å². The highest BCUT2D eigenvalue weighted by molar-refractivity contribution is 5.81. The van der Waals surface area contributed by atoms with Crippen LogP contribution in [0.15, 0.2) is 71.1 Å². The van der Waals surface area contributed by atoms with Crippen LogP contribution in [0.1, 0.15) is 17.4 Å². The molecule has 3 N–H and O–H groups in total. The summed E-state index contributed by atoms with van der Waals surface area (Å²) in [6.07, 6.45) is 0. The molecule has 0 aliphatic carbocycles. The van der Waals surface area contributed by atoms with Gasteiger partial charge in [-0.05, 0) is 29.8 Å². The Balaban J connectivity index is 1.73. The lowest BCUT2D eigenvalue weighted by Crippen LogP contribution is -2.33. The average Bonchev–Trinajstić information content (AvgIpc) is 3.05. The maximum Gasteiger partial charge on any atom is 0.239 e. The monoisotopic (exact) mass is 324 g/mol. The molecule has 0 aliphatic rings. The lowest BCUT2D eigenvalue weighted by molar-refractivity contribution is -0.120. The molecule has 0 fully saturated rings. The van der Waals surface area contributed by atoms with Crippen molar-refractivity contribution in [3.05, 3.63) is 83.9 Å². The highest BCUT2D eigenvalue weighted by atomic mass is 19.1. The lowest BCUT2D eigenvalue weighted by atomic mass is 10.1. The molecule has 5 heteroatoms. The number of benzene rings is 2. The summed E-state index contributed by atoms with van der Waals surface area (Å²) in [7, 11) is 0. The van der Waals surface area contributed by atoms with Gasteiger partial charge in [-0.25, -0.2) is 4.39 Å². The van der Waals surface area contributed by atoms with E-state index in [1.807, 2.05) is 30.3 Å². The number of nitrogens with two attached hydrogens (primary N) is 1. The van der Waals surface area contributed by atoms with Gasteiger partial charge in [0.15, 0.2) is 0 Å². The van der Waals surface area contributed by atoms with E-state index >= 15 is 0 Å². The molecule has 24 heavy (non-hydrogen) atoms. The van der Waals surface area contributed by atoms with Gasteiger partial charge in [-0.3, -0.25) is 10.1 Å². The second-order valence-electron chi connectivity index (χ2n) is 5.37. The molecule has 122 valence electrons. The Morgan fingerprint density at radius 1 is 1.04 bits per heavy atom. The van der Waals surface area contributed by atoms with Gasteiger partial charge in [-0.15, -0.1) is 0 Å². The summed E-state index contributed by atoms with van der Waals surface area (Å²) in [6, 6.07) is 18.5. The number of carbonyl (C=O) groups excluding carboxylic acids is 1. The topological polar surface area (TPSA) is 68.3 Å². The van der Waals surface area contributed by atoms with Gasteiger partial charge >= 0.3 is 0 Å². The maximum atomic E-state index is 13.8. The zero-order valence-electron chi connectivity index (χ0n) is 12.9. The Morgan fingerprint density at radius 3 is 2.46 bits per heavy atom. The fraction of sp³-hybridized carbons (Fsp3) is 0.105. The molecule has 0 radical (unpaired) electrons. The summed E-state index contributed by atoms with van der Waals surface area (Å²) in [4.78, 5) is 11.7. The Labute approximate surface area is 139 Å². The smallest absolute Gasteiger partial charge is 0.239 e. The summed E-state index contributed by atoms with van der Waals surface area (Å²) in [5, 5.41) is 3.07. The number of primary amides is 1. The van der Waals surface area contributed by atoms with Crippen molar-refractivity contribution in [3.63, 3.8) is 0 Å². The van der Waals surface area contributed by atoms with Gasteiger partial charge in [0.05, 0.1) is 12.1 Å². The van der Waals surface area contributed by atoms with Crippen molar-refractivity contribution in [2.45, 2.75) is 12.6 Å². The van der Waals surface area contributed by atoms with Gasteiger partial charge in [0, 0.05) is 0 Å². The summed E-state index contributed by atoms with van der Waals surface area (Å²) >= 11 is 0. The minimum atomic E-state index is -0.617.